The average molecular weight is 455 g/mol. The van der Waals surface area contributed by atoms with E-state index in [0.717, 1.165) is 5.56 Å². The third kappa shape index (κ3) is 7.56. The summed E-state index contributed by atoms with van der Waals surface area (Å²) in [6, 6.07) is 14.0. The Bertz CT molecular complexity index is 918. The van der Waals surface area contributed by atoms with Crippen LogP contribution in [0.3, 0.4) is 0 Å². The van der Waals surface area contributed by atoms with Crippen LogP contribution >= 0.6 is 11.6 Å². The highest BCUT2D eigenvalue weighted by Crippen LogP contribution is 2.27. The first kappa shape index (κ1) is 24.6. The van der Waals surface area contributed by atoms with E-state index >= 15 is 0 Å². The Balaban J connectivity index is 2.07. The maximum atomic E-state index is 12.7. The lowest BCUT2D eigenvalue weighted by atomic mass is 9.87. The van der Waals surface area contributed by atoms with Crippen molar-refractivity contribution in [3.63, 3.8) is 0 Å². The molecule has 30 heavy (non-hydrogen) atoms. The summed E-state index contributed by atoms with van der Waals surface area (Å²) in [5.74, 6) is 0. The molecule has 0 saturated heterocycles. The van der Waals surface area contributed by atoms with Gasteiger partial charge in [0.2, 0.25) is 10.0 Å². The molecule has 2 unspecified atom stereocenters. The van der Waals surface area contributed by atoms with Gasteiger partial charge >= 0.3 is 0 Å². The molecule has 2 atom stereocenters. The largest absolute Gasteiger partial charge is 0.394 e. The highest BCUT2D eigenvalue weighted by Gasteiger charge is 2.24. The van der Waals surface area contributed by atoms with E-state index in [1.165, 1.54) is 12.1 Å². The fraction of sp³-hybridized carbons (Fsp3) is 0.455. The smallest absolute Gasteiger partial charge is 0.240 e. The van der Waals surface area contributed by atoms with E-state index < -0.39 is 21.5 Å². The fourth-order valence-corrected chi connectivity index (χ4v) is 4.87. The summed E-state index contributed by atoms with van der Waals surface area (Å²) in [6.07, 6.45) is 0.566. The number of aliphatic hydroxyl groups excluding tert-OH is 2. The van der Waals surface area contributed by atoms with Crippen molar-refractivity contribution < 1.29 is 18.6 Å². The van der Waals surface area contributed by atoms with Gasteiger partial charge in [0, 0.05) is 6.54 Å². The highest BCUT2D eigenvalue weighted by molar-refractivity contribution is 7.89. The summed E-state index contributed by atoms with van der Waals surface area (Å²) < 4.78 is 27.9. The van der Waals surface area contributed by atoms with E-state index in [-0.39, 0.29) is 29.1 Å². The quantitative estimate of drug-likeness (QED) is 0.417. The summed E-state index contributed by atoms with van der Waals surface area (Å²) in [5.41, 5.74) is 1.24. The van der Waals surface area contributed by atoms with Crippen LogP contribution in [0.2, 0.25) is 5.02 Å². The predicted octanol–water partition coefficient (Wildman–Crippen LogP) is 3.43. The molecule has 2 aromatic rings. The highest BCUT2D eigenvalue weighted by atomic mass is 35.5. The normalized spacial score (nSPS) is 14.3. The lowest BCUT2D eigenvalue weighted by Gasteiger charge is -2.26. The number of anilines is 1. The summed E-state index contributed by atoms with van der Waals surface area (Å²) in [5, 5.41) is 22.7. The number of benzene rings is 2. The predicted molar refractivity (Wildman–Crippen MR) is 121 cm³/mol. The monoisotopic (exact) mass is 454 g/mol. The lowest BCUT2D eigenvalue weighted by Crippen LogP contribution is -2.35. The van der Waals surface area contributed by atoms with E-state index in [2.05, 4.69) is 10.0 Å². The first-order valence-electron chi connectivity index (χ1n) is 9.91. The minimum absolute atomic E-state index is 0.0644. The van der Waals surface area contributed by atoms with Crippen molar-refractivity contribution in [3.8, 4) is 0 Å². The van der Waals surface area contributed by atoms with Gasteiger partial charge in [0.15, 0.2) is 0 Å². The van der Waals surface area contributed by atoms with Gasteiger partial charge in [-0.1, -0.05) is 55.8 Å². The average Bonchev–Trinajstić information content (AvgIpc) is 2.67. The van der Waals surface area contributed by atoms with Gasteiger partial charge in [0.1, 0.15) is 0 Å². The molecule has 8 heteroatoms. The molecule has 0 radical (unpaired) electrons. The number of sulfonamides is 1. The molecule has 0 aliphatic rings. The van der Waals surface area contributed by atoms with Crippen molar-refractivity contribution >= 4 is 27.3 Å². The zero-order valence-electron chi connectivity index (χ0n) is 17.6. The number of halogens is 1. The van der Waals surface area contributed by atoms with Crippen LogP contribution in [-0.4, -0.2) is 43.9 Å². The van der Waals surface area contributed by atoms with Crippen LogP contribution in [0.5, 0.6) is 0 Å². The van der Waals surface area contributed by atoms with Crippen molar-refractivity contribution in [3.05, 3.63) is 59.1 Å². The molecule has 0 aliphatic carbocycles. The van der Waals surface area contributed by atoms with Crippen molar-refractivity contribution in [2.75, 3.05) is 18.5 Å². The molecule has 0 amide bonds. The first-order chi connectivity index (χ1) is 14.0. The summed E-state index contributed by atoms with van der Waals surface area (Å²) in [4.78, 5) is 0.0644. The van der Waals surface area contributed by atoms with Crippen LogP contribution in [-0.2, 0) is 16.4 Å². The number of nitrogens with one attached hydrogen (secondary N) is 2. The molecule has 0 aliphatic heterocycles. The molecule has 0 aromatic heterocycles. The minimum atomic E-state index is -3.74. The molecular formula is C22H31ClN2O4S. The third-order valence-electron chi connectivity index (χ3n) is 4.74. The Morgan fingerprint density at radius 3 is 2.37 bits per heavy atom. The van der Waals surface area contributed by atoms with Crippen LogP contribution in [0.25, 0.3) is 0 Å². The molecule has 2 rings (SSSR count). The molecule has 4 N–H and O–H groups in total. The molecule has 0 spiro atoms. The molecule has 0 saturated carbocycles. The summed E-state index contributed by atoms with van der Waals surface area (Å²) in [7, 11) is -3.74. The first-order valence-corrected chi connectivity index (χ1v) is 11.8. The van der Waals surface area contributed by atoms with Gasteiger partial charge in [-0.3, -0.25) is 0 Å². The van der Waals surface area contributed by atoms with Crippen molar-refractivity contribution in [1.82, 2.24) is 4.72 Å². The maximum absolute atomic E-state index is 12.7. The van der Waals surface area contributed by atoms with Crippen LogP contribution < -0.4 is 10.0 Å². The van der Waals surface area contributed by atoms with E-state index in [1.807, 2.05) is 44.2 Å². The van der Waals surface area contributed by atoms with Crippen molar-refractivity contribution in [2.45, 2.75) is 50.7 Å². The lowest BCUT2D eigenvalue weighted by molar-refractivity contribution is 0.131. The zero-order valence-corrected chi connectivity index (χ0v) is 19.2. The van der Waals surface area contributed by atoms with Gasteiger partial charge in [-0.2, -0.15) is 0 Å². The Labute approximate surface area is 184 Å². The Hall–Kier alpha value is -1.64. The van der Waals surface area contributed by atoms with Gasteiger partial charge in [-0.05, 0) is 48.9 Å². The van der Waals surface area contributed by atoms with Gasteiger partial charge < -0.3 is 15.5 Å². The van der Waals surface area contributed by atoms with Crippen molar-refractivity contribution in [1.29, 1.82) is 0 Å². The number of hydrogen-bond acceptors (Lipinski definition) is 5. The van der Waals surface area contributed by atoms with E-state index in [0.29, 0.717) is 18.5 Å². The summed E-state index contributed by atoms with van der Waals surface area (Å²) >= 11 is 6.33. The van der Waals surface area contributed by atoms with Crippen LogP contribution in [0.4, 0.5) is 5.69 Å². The van der Waals surface area contributed by atoms with Crippen LogP contribution in [0.15, 0.2) is 53.4 Å². The topological polar surface area (TPSA) is 98.7 Å². The van der Waals surface area contributed by atoms with E-state index in [9.17, 15) is 18.6 Å². The summed E-state index contributed by atoms with van der Waals surface area (Å²) in [6.45, 7) is 5.57. The molecule has 0 fully saturated rings. The fourth-order valence-electron chi connectivity index (χ4n) is 3.31. The molecule has 6 nitrogen and oxygen atoms in total. The molecule has 2 aromatic carbocycles. The molecule has 0 bridgehead atoms. The maximum Gasteiger partial charge on any atom is 0.240 e. The molecule has 0 heterocycles. The van der Waals surface area contributed by atoms with Crippen LogP contribution in [0, 0.1) is 5.41 Å². The SMILES string of the molecule is CC(O)CC(C)(C)CNS(=O)(=O)c1ccc(NC(CO)Cc2ccccc2)c(Cl)c1. The van der Waals surface area contributed by atoms with Gasteiger partial charge in [-0.25, -0.2) is 13.1 Å². The van der Waals surface area contributed by atoms with Gasteiger partial charge in [0.05, 0.1) is 34.4 Å². The third-order valence-corrected chi connectivity index (χ3v) is 6.46. The Kier molecular flexibility index (Phi) is 8.70. The second-order valence-electron chi connectivity index (χ2n) is 8.40. The van der Waals surface area contributed by atoms with E-state index in [1.54, 1.807) is 13.0 Å². The van der Waals surface area contributed by atoms with Gasteiger partial charge in [-0.15, -0.1) is 0 Å². The standard InChI is InChI=1S/C22H31ClN2O4S/c1-16(27)13-22(2,3)15-24-30(28,29)19-9-10-21(20(23)12-19)25-18(14-26)11-17-7-5-4-6-8-17/h4-10,12,16,18,24-27H,11,13-15H2,1-3H3. The number of rotatable bonds is 11. The second-order valence-corrected chi connectivity index (χ2v) is 10.6. The minimum Gasteiger partial charge on any atom is -0.394 e. The van der Waals surface area contributed by atoms with E-state index in [4.69, 9.17) is 11.6 Å². The van der Waals surface area contributed by atoms with Crippen molar-refractivity contribution in [2.24, 2.45) is 5.41 Å². The second kappa shape index (κ2) is 10.6. The molecule has 166 valence electrons. The number of hydrogen-bond donors (Lipinski definition) is 4. The Morgan fingerprint density at radius 2 is 1.80 bits per heavy atom. The Morgan fingerprint density at radius 1 is 1.13 bits per heavy atom. The zero-order chi connectivity index (χ0) is 22.4. The van der Waals surface area contributed by atoms with Crippen LogP contribution in [0.1, 0.15) is 32.8 Å². The number of aliphatic hydroxyl groups is 2. The van der Waals surface area contributed by atoms with Gasteiger partial charge in [0.25, 0.3) is 0 Å². The molecular weight excluding hydrogens is 424 g/mol.